The lowest BCUT2D eigenvalue weighted by Crippen LogP contribution is -2.56. The predicted molar refractivity (Wildman–Crippen MR) is 96.9 cm³/mol. The highest BCUT2D eigenvalue weighted by Gasteiger charge is 2.62. The molecule has 0 aromatic carbocycles. The lowest BCUT2D eigenvalue weighted by atomic mass is 9.46. The zero-order valence-corrected chi connectivity index (χ0v) is 16.0. The van der Waals surface area contributed by atoms with Crippen molar-refractivity contribution in [2.75, 3.05) is 0 Å². The predicted octanol–water partition coefficient (Wildman–Crippen LogP) is 4.73. The number of fused-ring (bicyclic) bond motifs is 5. The summed E-state index contributed by atoms with van der Waals surface area (Å²) >= 11 is 6.43. The minimum Gasteiger partial charge on any atom is -0.393 e. The molecule has 0 aromatic heterocycles. The molecule has 3 saturated carbocycles. The number of hydrogen-bond acceptors (Lipinski definition) is 2. The van der Waals surface area contributed by atoms with Crippen LogP contribution in [-0.2, 0) is 4.79 Å². The van der Waals surface area contributed by atoms with Crippen LogP contribution >= 0.6 is 11.6 Å². The maximum atomic E-state index is 12.2. The van der Waals surface area contributed by atoms with E-state index in [1.165, 1.54) is 5.57 Å². The second kappa shape index (κ2) is 5.58. The monoisotopic (exact) mass is 350 g/mol. The van der Waals surface area contributed by atoms with Crippen LogP contribution in [0.4, 0.5) is 0 Å². The van der Waals surface area contributed by atoms with E-state index < -0.39 is 0 Å². The summed E-state index contributed by atoms with van der Waals surface area (Å²) in [6, 6.07) is 0. The van der Waals surface area contributed by atoms with Gasteiger partial charge >= 0.3 is 0 Å². The normalized spacial score (nSPS) is 53.6. The van der Waals surface area contributed by atoms with Crippen LogP contribution in [0.25, 0.3) is 0 Å². The summed E-state index contributed by atoms with van der Waals surface area (Å²) in [7, 11) is 0. The van der Waals surface area contributed by atoms with Crippen molar-refractivity contribution in [3.05, 3.63) is 11.6 Å². The van der Waals surface area contributed by atoms with Crippen LogP contribution in [0.15, 0.2) is 11.6 Å². The lowest BCUT2D eigenvalue weighted by Gasteiger charge is -2.59. The number of Topliss-reactive ketones (excluding diaryl/α,β-unsaturated/α-hetero) is 1. The van der Waals surface area contributed by atoms with E-state index in [1.807, 2.05) is 0 Å². The number of rotatable bonds is 1. The molecule has 1 N–H and O–H groups in total. The molecule has 3 heteroatoms. The van der Waals surface area contributed by atoms with E-state index >= 15 is 0 Å². The fourth-order valence-electron chi connectivity index (χ4n) is 7.42. The van der Waals surface area contributed by atoms with Gasteiger partial charge in [-0.3, -0.25) is 4.79 Å². The molecule has 4 aliphatic carbocycles. The average Bonchev–Trinajstić information content (AvgIpc) is 2.84. The molecule has 24 heavy (non-hydrogen) atoms. The van der Waals surface area contributed by atoms with Crippen molar-refractivity contribution in [2.24, 2.45) is 34.5 Å². The van der Waals surface area contributed by atoms with Crippen molar-refractivity contribution in [2.45, 2.75) is 77.2 Å². The Bertz CT molecular complexity index is 584. The first-order chi connectivity index (χ1) is 11.3. The smallest absolute Gasteiger partial charge is 0.133 e. The molecule has 0 aromatic rings. The summed E-state index contributed by atoms with van der Waals surface area (Å²) in [5.74, 6) is 1.94. The van der Waals surface area contributed by atoms with Crippen molar-refractivity contribution < 1.29 is 9.90 Å². The fraction of sp³-hybridized carbons (Fsp3) is 0.857. The van der Waals surface area contributed by atoms with Gasteiger partial charge in [0.15, 0.2) is 0 Å². The number of halogens is 1. The Hall–Kier alpha value is -0.340. The number of alkyl halides is 1. The number of ketones is 1. The first-order valence-corrected chi connectivity index (χ1v) is 10.2. The number of hydrogen-bond donors (Lipinski definition) is 1. The third-order valence-corrected chi connectivity index (χ3v) is 8.84. The molecule has 134 valence electrons. The topological polar surface area (TPSA) is 37.3 Å². The summed E-state index contributed by atoms with van der Waals surface area (Å²) < 4.78 is 0. The first kappa shape index (κ1) is 17.1. The summed E-state index contributed by atoms with van der Waals surface area (Å²) in [4.78, 5) is 12.2. The Kier molecular flexibility index (Phi) is 3.97. The molecular formula is C21H31ClO2. The fourth-order valence-corrected chi connectivity index (χ4v) is 7.69. The number of allylic oxidation sites excluding steroid dienone is 2. The van der Waals surface area contributed by atoms with E-state index in [2.05, 4.69) is 19.9 Å². The van der Waals surface area contributed by atoms with Gasteiger partial charge in [-0.2, -0.15) is 0 Å². The highest BCUT2D eigenvalue weighted by molar-refractivity contribution is 6.20. The second-order valence-electron chi connectivity index (χ2n) is 9.54. The van der Waals surface area contributed by atoms with E-state index in [1.54, 1.807) is 6.92 Å². The van der Waals surface area contributed by atoms with Crippen molar-refractivity contribution in [1.82, 2.24) is 0 Å². The van der Waals surface area contributed by atoms with Crippen LogP contribution in [0, 0.1) is 34.5 Å². The third-order valence-electron chi connectivity index (χ3n) is 8.47. The molecule has 8 atom stereocenters. The molecule has 0 unspecified atom stereocenters. The Balaban J connectivity index is 1.71. The van der Waals surface area contributed by atoms with Crippen LogP contribution in [0.2, 0.25) is 0 Å². The molecule has 0 saturated heterocycles. The van der Waals surface area contributed by atoms with Crippen LogP contribution in [0.5, 0.6) is 0 Å². The summed E-state index contributed by atoms with van der Waals surface area (Å²) in [6.07, 6.45) is 9.37. The van der Waals surface area contributed by atoms with Crippen molar-refractivity contribution in [3.8, 4) is 0 Å². The number of carbonyl (C=O) groups excluding carboxylic acids is 1. The van der Waals surface area contributed by atoms with Crippen molar-refractivity contribution >= 4 is 17.4 Å². The minimum atomic E-state index is -0.281. The maximum absolute atomic E-state index is 12.2. The Morgan fingerprint density at radius 1 is 1.29 bits per heavy atom. The standard InChI is InChI=1S/C21H31ClO2/c1-12(23)16-6-7-17-15-5-4-13-10-14(22)8-9-20(13,2)19(15)18(24)11-21(16,17)3/h4,14-19,24H,5-11H2,1-3H3/t14-,15+,16+,17-,18-,19+,20+,21+/m1/s1. The van der Waals surface area contributed by atoms with Crippen LogP contribution < -0.4 is 0 Å². The maximum Gasteiger partial charge on any atom is 0.133 e. The molecule has 4 rings (SSSR count). The van der Waals surface area contributed by atoms with Gasteiger partial charge in [-0.25, -0.2) is 0 Å². The Labute approximate surface area is 151 Å². The molecule has 0 heterocycles. The van der Waals surface area contributed by atoms with E-state index in [9.17, 15) is 9.90 Å². The molecular weight excluding hydrogens is 320 g/mol. The van der Waals surface area contributed by atoms with Gasteiger partial charge in [0.2, 0.25) is 0 Å². The highest BCUT2D eigenvalue weighted by atomic mass is 35.5. The zero-order chi connectivity index (χ0) is 17.3. The Morgan fingerprint density at radius 2 is 2.04 bits per heavy atom. The van der Waals surface area contributed by atoms with Gasteiger partial charge in [-0.15, -0.1) is 11.6 Å². The average molecular weight is 351 g/mol. The van der Waals surface area contributed by atoms with Gasteiger partial charge in [0.1, 0.15) is 5.78 Å². The van der Waals surface area contributed by atoms with E-state index in [-0.39, 0.29) is 28.2 Å². The number of aliphatic hydroxyl groups excluding tert-OH is 1. The van der Waals surface area contributed by atoms with Crippen molar-refractivity contribution in [3.63, 3.8) is 0 Å². The van der Waals surface area contributed by atoms with Gasteiger partial charge in [0, 0.05) is 11.3 Å². The van der Waals surface area contributed by atoms with Gasteiger partial charge in [0.25, 0.3) is 0 Å². The molecule has 0 spiro atoms. The molecule has 0 bridgehead atoms. The highest BCUT2D eigenvalue weighted by Crippen LogP contribution is 2.66. The summed E-state index contributed by atoms with van der Waals surface area (Å²) in [5.41, 5.74) is 1.61. The van der Waals surface area contributed by atoms with Gasteiger partial charge in [-0.1, -0.05) is 25.5 Å². The van der Waals surface area contributed by atoms with E-state index in [4.69, 9.17) is 11.6 Å². The largest absolute Gasteiger partial charge is 0.393 e. The van der Waals surface area contributed by atoms with Crippen LogP contribution in [0.3, 0.4) is 0 Å². The van der Waals surface area contributed by atoms with E-state index in [0.717, 1.165) is 44.9 Å². The number of carbonyl (C=O) groups is 1. The van der Waals surface area contributed by atoms with Crippen LogP contribution in [0.1, 0.15) is 65.7 Å². The zero-order valence-electron chi connectivity index (χ0n) is 15.2. The van der Waals surface area contributed by atoms with Crippen LogP contribution in [-0.4, -0.2) is 22.4 Å². The van der Waals surface area contributed by atoms with E-state index in [0.29, 0.717) is 23.5 Å². The molecule has 0 radical (unpaired) electrons. The molecule has 0 aliphatic heterocycles. The molecule has 3 fully saturated rings. The summed E-state index contributed by atoms with van der Waals surface area (Å²) in [6.45, 7) is 6.41. The van der Waals surface area contributed by atoms with Gasteiger partial charge < -0.3 is 5.11 Å². The lowest BCUT2D eigenvalue weighted by molar-refractivity contribution is -0.138. The molecule has 0 amide bonds. The van der Waals surface area contributed by atoms with Crippen molar-refractivity contribution in [1.29, 1.82) is 0 Å². The first-order valence-electron chi connectivity index (χ1n) is 9.79. The minimum absolute atomic E-state index is 0.00218. The Morgan fingerprint density at radius 3 is 2.75 bits per heavy atom. The SMILES string of the molecule is CC(=O)[C@@H]1CC[C@@H]2[C@@H]3CC=C4C[C@H](Cl)CC[C@]4(C)[C@@H]3[C@H](O)C[C@]21C. The number of aliphatic hydroxyl groups is 1. The second-order valence-corrected chi connectivity index (χ2v) is 10.2. The van der Waals surface area contributed by atoms with Gasteiger partial charge in [0.05, 0.1) is 6.10 Å². The molecule has 2 nitrogen and oxygen atoms in total. The quantitative estimate of drug-likeness (QED) is 0.548. The summed E-state index contributed by atoms with van der Waals surface area (Å²) in [5, 5.41) is 11.5. The third kappa shape index (κ3) is 2.21. The molecule has 4 aliphatic rings. The van der Waals surface area contributed by atoms with Gasteiger partial charge in [-0.05, 0) is 80.5 Å².